The number of benzene rings is 1. The highest BCUT2D eigenvalue weighted by Crippen LogP contribution is 2.28. The highest BCUT2D eigenvalue weighted by molar-refractivity contribution is 7.89. The molecule has 1 atom stereocenters. The zero-order valence-electron chi connectivity index (χ0n) is 17.1. The second-order valence-electron chi connectivity index (χ2n) is 7.97. The monoisotopic (exact) mass is 447 g/mol. The van der Waals surface area contributed by atoms with E-state index in [1.165, 1.54) is 28.1 Å². The van der Waals surface area contributed by atoms with Crippen molar-refractivity contribution in [1.29, 1.82) is 0 Å². The Morgan fingerprint density at radius 1 is 1.03 bits per heavy atom. The normalized spacial score (nSPS) is 19.3. The van der Waals surface area contributed by atoms with Gasteiger partial charge in [-0.3, -0.25) is 9.69 Å². The lowest BCUT2D eigenvalue weighted by Gasteiger charge is -2.27. The lowest BCUT2D eigenvalue weighted by molar-refractivity contribution is 0.0987. The first-order valence-electron chi connectivity index (χ1n) is 10.7. The van der Waals surface area contributed by atoms with Crippen molar-refractivity contribution in [2.45, 2.75) is 36.6 Å². The van der Waals surface area contributed by atoms with Gasteiger partial charge in [-0.25, -0.2) is 8.42 Å². The topological polar surface area (TPSA) is 69.7 Å². The Morgan fingerprint density at radius 3 is 2.47 bits per heavy atom. The predicted octanol–water partition coefficient (Wildman–Crippen LogP) is 3.14. The summed E-state index contributed by atoms with van der Waals surface area (Å²) in [4.78, 5) is 16.8. The molecule has 2 aliphatic rings. The van der Waals surface area contributed by atoms with E-state index in [-0.39, 0.29) is 23.3 Å². The standard InChI is InChI=1S/C22H29N3O3S2/c26-21(17-23-16-20(22-9-6-14-29-22)24-10-1-2-11-24)18-7-5-8-19(15-18)30(27,28)25-12-3-4-13-25/h5-9,14-15,20,23H,1-4,10-13,16-17H2. The number of hydrogen-bond acceptors (Lipinski definition) is 6. The van der Waals surface area contributed by atoms with Crippen LogP contribution in [0.4, 0.5) is 0 Å². The van der Waals surface area contributed by atoms with Crippen LogP contribution in [0.25, 0.3) is 0 Å². The Morgan fingerprint density at radius 2 is 1.77 bits per heavy atom. The van der Waals surface area contributed by atoms with E-state index >= 15 is 0 Å². The number of hydrogen-bond donors (Lipinski definition) is 1. The van der Waals surface area contributed by atoms with Crippen LogP contribution in [0.15, 0.2) is 46.7 Å². The van der Waals surface area contributed by atoms with Gasteiger partial charge in [-0.2, -0.15) is 4.31 Å². The number of carbonyl (C=O) groups excluding carboxylic acids is 1. The van der Waals surface area contributed by atoms with Gasteiger partial charge in [0.2, 0.25) is 10.0 Å². The highest BCUT2D eigenvalue weighted by atomic mass is 32.2. The summed E-state index contributed by atoms with van der Waals surface area (Å²) in [5.74, 6) is -0.0835. The third-order valence-electron chi connectivity index (χ3n) is 5.94. The minimum absolute atomic E-state index is 0.0835. The van der Waals surface area contributed by atoms with Crippen LogP contribution < -0.4 is 5.32 Å². The molecule has 8 heteroatoms. The molecule has 1 unspecified atom stereocenters. The number of carbonyl (C=O) groups is 1. The molecule has 2 aromatic rings. The first kappa shape index (κ1) is 21.6. The van der Waals surface area contributed by atoms with Crippen LogP contribution in [-0.4, -0.2) is 62.7 Å². The summed E-state index contributed by atoms with van der Waals surface area (Å²) in [7, 11) is -3.51. The van der Waals surface area contributed by atoms with Gasteiger partial charge in [-0.05, 0) is 62.4 Å². The Labute approximate surface area is 182 Å². The maximum absolute atomic E-state index is 12.8. The van der Waals surface area contributed by atoms with Gasteiger partial charge < -0.3 is 5.32 Å². The number of ketones is 1. The zero-order chi connectivity index (χ0) is 21.0. The minimum atomic E-state index is -3.51. The third-order valence-corrected chi connectivity index (χ3v) is 8.80. The summed E-state index contributed by atoms with van der Waals surface area (Å²) >= 11 is 1.75. The van der Waals surface area contributed by atoms with E-state index in [9.17, 15) is 13.2 Å². The second kappa shape index (κ2) is 9.70. The number of Topliss-reactive ketones (excluding diaryl/α,β-unsaturated/α-hetero) is 1. The van der Waals surface area contributed by atoms with Gasteiger partial charge in [-0.1, -0.05) is 18.2 Å². The zero-order valence-corrected chi connectivity index (χ0v) is 18.8. The van der Waals surface area contributed by atoms with Crippen molar-refractivity contribution in [3.8, 4) is 0 Å². The fraction of sp³-hybridized carbons (Fsp3) is 0.500. The van der Waals surface area contributed by atoms with Crippen molar-refractivity contribution in [1.82, 2.24) is 14.5 Å². The highest BCUT2D eigenvalue weighted by Gasteiger charge is 2.28. The fourth-order valence-electron chi connectivity index (χ4n) is 4.28. The molecular weight excluding hydrogens is 418 g/mol. The smallest absolute Gasteiger partial charge is 0.243 e. The van der Waals surface area contributed by atoms with E-state index in [4.69, 9.17) is 0 Å². The van der Waals surface area contributed by atoms with E-state index in [1.807, 2.05) is 0 Å². The molecule has 0 radical (unpaired) electrons. The fourth-order valence-corrected chi connectivity index (χ4v) is 6.70. The second-order valence-corrected chi connectivity index (χ2v) is 10.9. The molecule has 30 heavy (non-hydrogen) atoms. The van der Waals surface area contributed by atoms with Gasteiger partial charge in [0.15, 0.2) is 5.78 Å². The van der Waals surface area contributed by atoms with E-state index in [1.54, 1.807) is 29.5 Å². The maximum Gasteiger partial charge on any atom is 0.243 e. The van der Waals surface area contributed by atoms with Crippen molar-refractivity contribution >= 4 is 27.1 Å². The first-order chi connectivity index (χ1) is 14.6. The van der Waals surface area contributed by atoms with Crippen molar-refractivity contribution in [3.05, 3.63) is 52.2 Å². The first-order valence-corrected chi connectivity index (χ1v) is 13.0. The average Bonchev–Trinajstić information content (AvgIpc) is 3.54. The summed E-state index contributed by atoms with van der Waals surface area (Å²) in [6.45, 7) is 4.20. The average molecular weight is 448 g/mol. The Kier molecular flexibility index (Phi) is 7.00. The molecule has 1 aromatic heterocycles. The predicted molar refractivity (Wildman–Crippen MR) is 120 cm³/mol. The van der Waals surface area contributed by atoms with Gasteiger partial charge in [-0.15, -0.1) is 11.3 Å². The quantitative estimate of drug-likeness (QED) is 0.598. The summed E-state index contributed by atoms with van der Waals surface area (Å²) < 4.78 is 27.1. The lowest BCUT2D eigenvalue weighted by atomic mass is 10.1. The van der Waals surface area contributed by atoms with E-state index < -0.39 is 10.0 Å². The number of nitrogens with one attached hydrogen (secondary N) is 1. The van der Waals surface area contributed by atoms with Crippen LogP contribution in [0.3, 0.4) is 0 Å². The van der Waals surface area contributed by atoms with E-state index in [0.29, 0.717) is 25.2 Å². The summed E-state index contributed by atoms with van der Waals surface area (Å²) in [6.07, 6.45) is 4.23. The molecule has 3 heterocycles. The Balaban J connectivity index is 1.39. The lowest BCUT2D eigenvalue weighted by Crippen LogP contribution is -2.35. The molecule has 2 aliphatic heterocycles. The molecule has 2 saturated heterocycles. The summed E-state index contributed by atoms with van der Waals surface area (Å²) in [6, 6.07) is 11.0. The molecule has 162 valence electrons. The van der Waals surface area contributed by atoms with Crippen LogP contribution in [0.5, 0.6) is 0 Å². The molecule has 1 N–H and O–H groups in total. The van der Waals surface area contributed by atoms with Crippen LogP contribution >= 0.6 is 11.3 Å². The van der Waals surface area contributed by atoms with Gasteiger partial charge >= 0.3 is 0 Å². The number of likely N-dealkylation sites (tertiary alicyclic amines) is 1. The molecule has 1 aromatic carbocycles. The number of nitrogens with zero attached hydrogens (tertiary/aromatic N) is 2. The van der Waals surface area contributed by atoms with Crippen LogP contribution in [-0.2, 0) is 10.0 Å². The molecule has 6 nitrogen and oxygen atoms in total. The Bertz CT molecular complexity index is 948. The number of thiophene rings is 1. The van der Waals surface area contributed by atoms with Crippen LogP contribution in [0.2, 0.25) is 0 Å². The van der Waals surface area contributed by atoms with Gasteiger partial charge in [0, 0.05) is 30.1 Å². The van der Waals surface area contributed by atoms with Gasteiger partial charge in [0.05, 0.1) is 17.5 Å². The molecule has 0 aliphatic carbocycles. The molecule has 0 saturated carbocycles. The SMILES string of the molecule is O=C(CNCC(c1cccs1)N1CCCC1)c1cccc(S(=O)(=O)N2CCCC2)c1. The Hall–Kier alpha value is -1.58. The molecule has 0 bridgehead atoms. The largest absolute Gasteiger partial charge is 0.308 e. The summed E-state index contributed by atoms with van der Waals surface area (Å²) in [5, 5.41) is 5.41. The molecular formula is C22H29N3O3S2. The molecule has 4 rings (SSSR count). The minimum Gasteiger partial charge on any atom is -0.308 e. The van der Waals surface area contributed by atoms with Crippen molar-refractivity contribution < 1.29 is 13.2 Å². The number of sulfonamides is 1. The van der Waals surface area contributed by atoms with Crippen molar-refractivity contribution in [2.75, 3.05) is 39.3 Å². The van der Waals surface area contributed by atoms with Gasteiger partial charge in [0.25, 0.3) is 0 Å². The number of rotatable bonds is 9. The van der Waals surface area contributed by atoms with E-state index in [2.05, 4.69) is 27.7 Å². The van der Waals surface area contributed by atoms with Crippen LogP contribution in [0.1, 0.15) is 47.0 Å². The van der Waals surface area contributed by atoms with Crippen molar-refractivity contribution in [2.24, 2.45) is 0 Å². The summed E-state index contributed by atoms with van der Waals surface area (Å²) in [5.41, 5.74) is 0.441. The molecule has 0 spiro atoms. The van der Waals surface area contributed by atoms with Crippen LogP contribution in [0, 0.1) is 0 Å². The molecule has 2 fully saturated rings. The van der Waals surface area contributed by atoms with Crippen molar-refractivity contribution in [3.63, 3.8) is 0 Å². The molecule has 0 amide bonds. The third kappa shape index (κ3) is 4.84. The maximum atomic E-state index is 12.8. The van der Waals surface area contributed by atoms with Gasteiger partial charge in [0.1, 0.15) is 0 Å². The van der Waals surface area contributed by atoms with E-state index in [0.717, 1.165) is 25.9 Å².